The average Bonchev–Trinajstić information content (AvgIpc) is 2.69. The molecule has 0 spiro atoms. The van der Waals surface area contributed by atoms with Gasteiger partial charge < -0.3 is 20.5 Å². The Labute approximate surface area is 162 Å². The number of aliphatic hydroxyl groups is 1. The summed E-state index contributed by atoms with van der Waals surface area (Å²) in [6, 6.07) is 9.75. The summed E-state index contributed by atoms with van der Waals surface area (Å²) in [6.07, 6.45) is 5.29. The highest BCUT2D eigenvalue weighted by Crippen LogP contribution is 2.26. The molecule has 0 bridgehead atoms. The summed E-state index contributed by atoms with van der Waals surface area (Å²) >= 11 is 0. The van der Waals surface area contributed by atoms with E-state index in [9.17, 15) is 4.39 Å². The Morgan fingerprint density at radius 1 is 1.11 bits per heavy atom. The van der Waals surface area contributed by atoms with Gasteiger partial charge in [-0.1, -0.05) is 12.1 Å². The fourth-order valence-electron chi connectivity index (χ4n) is 2.53. The van der Waals surface area contributed by atoms with Gasteiger partial charge in [0.15, 0.2) is 0 Å². The number of ether oxygens (including phenoxy) is 1. The molecule has 0 aliphatic heterocycles. The number of anilines is 3. The minimum absolute atomic E-state index is 0.0580. The summed E-state index contributed by atoms with van der Waals surface area (Å²) in [7, 11) is 0. The van der Waals surface area contributed by atoms with Gasteiger partial charge >= 0.3 is 0 Å². The normalized spacial score (nSPS) is 11.7. The third kappa shape index (κ3) is 5.62. The van der Waals surface area contributed by atoms with Crippen LogP contribution in [0, 0.1) is 5.82 Å². The second-order valence-corrected chi connectivity index (χ2v) is 6.13. The fourth-order valence-corrected chi connectivity index (χ4v) is 2.53. The average molecular weight is 383 g/mol. The highest BCUT2D eigenvalue weighted by atomic mass is 19.1. The van der Waals surface area contributed by atoms with Crippen LogP contribution in [-0.2, 0) is 0 Å². The second kappa shape index (κ2) is 9.61. The number of benzene rings is 1. The summed E-state index contributed by atoms with van der Waals surface area (Å²) in [6.45, 7) is 2.41. The van der Waals surface area contributed by atoms with Crippen LogP contribution in [0.15, 0.2) is 55.0 Å². The molecule has 0 saturated carbocycles. The molecule has 0 saturated heterocycles. The largest absolute Gasteiger partial charge is 0.493 e. The number of hydrogen-bond acceptors (Lipinski definition) is 7. The van der Waals surface area contributed by atoms with E-state index in [0.717, 1.165) is 5.56 Å². The van der Waals surface area contributed by atoms with Gasteiger partial charge in [0.1, 0.15) is 29.0 Å². The standard InChI is InChI=1S/C20H22FN5O2/c1-14(15-3-5-16(21)6-4-15)24-18-11-17(28-10-2-9-27)12-19(25-18)26-20-13-22-7-8-23-20/h3-8,11-14,27H,2,9-10H2,1H3,(H2,23,24,25,26)/t14-/m0/s1. The second-order valence-electron chi connectivity index (χ2n) is 6.13. The molecule has 1 atom stereocenters. The van der Waals surface area contributed by atoms with Crippen molar-refractivity contribution >= 4 is 17.5 Å². The van der Waals surface area contributed by atoms with E-state index in [1.54, 1.807) is 42.9 Å². The number of nitrogens with one attached hydrogen (secondary N) is 2. The molecular formula is C20H22FN5O2. The quantitative estimate of drug-likeness (QED) is 0.485. The predicted octanol–water partition coefficient (Wildman–Crippen LogP) is 3.69. The molecule has 0 amide bonds. The first-order valence-corrected chi connectivity index (χ1v) is 8.95. The molecule has 0 unspecified atom stereocenters. The van der Waals surface area contributed by atoms with E-state index in [2.05, 4.69) is 25.6 Å². The van der Waals surface area contributed by atoms with E-state index in [4.69, 9.17) is 9.84 Å². The van der Waals surface area contributed by atoms with Crippen LogP contribution in [0.2, 0.25) is 0 Å². The van der Waals surface area contributed by atoms with Crippen molar-refractivity contribution in [1.29, 1.82) is 0 Å². The van der Waals surface area contributed by atoms with Crippen molar-refractivity contribution < 1.29 is 14.2 Å². The number of aliphatic hydroxyl groups excluding tert-OH is 1. The molecule has 0 radical (unpaired) electrons. The lowest BCUT2D eigenvalue weighted by atomic mass is 10.1. The molecule has 146 valence electrons. The highest BCUT2D eigenvalue weighted by molar-refractivity contribution is 5.58. The Balaban J connectivity index is 1.80. The van der Waals surface area contributed by atoms with Gasteiger partial charge in [0.25, 0.3) is 0 Å². The molecule has 7 nitrogen and oxygen atoms in total. The number of halogens is 1. The summed E-state index contributed by atoms with van der Waals surface area (Å²) in [5, 5.41) is 15.3. The molecule has 2 aromatic heterocycles. The lowest BCUT2D eigenvalue weighted by molar-refractivity contribution is 0.233. The zero-order valence-corrected chi connectivity index (χ0v) is 15.5. The van der Waals surface area contributed by atoms with Gasteiger partial charge in [-0.3, -0.25) is 4.98 Å². The summed E-state index contributed by atoms with van der Waals surface area (Å²) in [5.41, 5.74) is 0.929. The molecule has 2 heterocycles. The first-order chi connectivity index (χ1) is 13.6. The molecule has 3 rings (SSSR count). The van der Waals surface area contributed by atoms with Gasteiger partial charge in [0.2, 0.25) is 0 Å². The Bertz CT molecular complexity index is 878. The molecule has 0 aliphatic carbocycles. The van der Waals surface area contributed by atoms with Crippen molar-refractivity contribution in [3.63, 3.8) is 0 Å². The summed E-state index contributed by atoms with van der Waals surface area (Å²) in [5.74, 6) is 2.01. The van der Waals surface area contributed by atoms with Gasteiger partial charge in [0.05, 0.1) is 12.8 Å². The molecular weight excluding hydrogens is 361 g/mol. The molecule has 8 heteroatoms. The van der Waals surface area contributed by atoms with E-state index >= 15 is 0 Å². The van der Waals surface area contributed by atoms with Crippen LogP contribution in [0.5, 0.6) is 5.75 Å². The monoisotopic (exact) mass is 383 g/mol. The van der Waals surface area contributed by atoms with Crippen molar-refractivity contribution in [2.75, 3.05) is 23.8 Å². The minimum atomic E-state index is -0.274. The Morgan fingerprint density at radius 2 is 1.89 bits per heavy atom. The van der Waals surface area contributed by atoms with Crippen LogP contribution in [0.3, 0.4) is 0 Å². The maximum atomic E-state index is 13.2. The van der Waals surface area contributed by atoms with Crippen molar-refractivity contribution in [2.24, 2.45) is 0 Å². The molecule has 3 aromatic rings. The van der Waals surface area contributed by atoms with E-state index in [0.29, 0.717) is 36.2 Å². The van der Waals surface area contributed by atoms with E-state index in [1.807, 2.05) is 6.92 Å². The van der Waals surface area contributed by atoms with Crippen LogP contribution in [0.1, 0.15) is 24.9 Å². The number of hydrogen-bond donors (Lipinski definition) is 3. The number of rotatable bonds is 9. The first-order valence-electron chi connectivity index (χ1n) is 8.95. The van der Waals surface area contributed by atoms with Gasteiger partial charge in [-0.2, -0.15) is 0 Å². The van der Waals surface area contributed by atoms with Crippen LogP contribution >= 0.6 is 0 Å². The van der Waals surface area contributed by atoms with Crippen molar-refractivity contribution in [3.05, 3.63) is 66.4 Å². The SMILES string of the molecule is C[C@H](Nc1cc(OCCCO)cc(Nc2cnccn2)n1)c1ccc(F)cc1. The van der Waals surface area contributed by atoms with Gasteiger partial charge in [-0.25, -0.2) is 14.4 Å². The zero-order valence-electron chi connectivity index (χ0n) is 15.5. The van der Waals surface area contributed by atoms with E-state index in [-0.39, 0.29) is 18.5 Å². The number of pyridine rings is 1. The smallest absolute Gasteiger partial charge is 0.150 e. The molecule has 0 aliphatic rings. The number of aromatic nitrogens is 3. The molecule has 1 aromatic carbocycles. The van der Waals surface area contributed by atoms with Gasteiger partial charge in [-0.15, -0.1) is 0 Å². The van der Waals surface area contributed by atoms with Crippen LogP contribution in [-0.4, -0.2) is 33.3 Å². The maximum absolute atomic E-state index is 13.2. The molecule has 3 N–H and O–H groups in total. The third-order valence-corrected chi connectivity index (χ3v) is 3.92. The topological polar surface area (TPSA) is 92.2 Å². The maximum Gasteiger partial charge on any atom is 0.150 e. The zero-order chi connectivity index (χ0) is 19.8. The Morgan fingerprint density at radius 3 is 2.61 bits per heavy atom. The van der Waals surface area contributed by atoms with E-state index in [1.165, 1.54) is 12.1 Å². The fraction of sp³-hybridized carbons (Fsp3) is 0.250. The van der Waals surface area contributed by atoms with Gasteiger partial charge in [-0.05, 0) is 24.6 Å². The first kappa shape index (κ1) is 19.5. The summed E-state index contributed by atoms with van der Waals surface area (Å²) in [4.78, 5) is 12.8. The van der Waals surface area contributed by atoms with Crippen molar-refractivity contribution in [1.82, 2.24) is 15.0 Å². The lowest BCUT2D eigenvalue weighted by Gasteiger charge is -2.17. The Hall–Kier alpha value is -3.26. The minimum Gasteiger partial charge on any atom is -0.493 e. The van der Waals surface area contributed by atoms with Crippen LogP contribution in [0.25, 0.3) is 0 Å². The summed E-state index contributed by atoms with van der Waals surface area (Å²) < 4.78 is 18.9. The highest BCUT2D eigenvalue weighted by Gasteiger charge is 2.10. The third-order valence-electron chi connectivity index (χ3n) is 3.92. The van der Waals surface area contributed by atoms with E-state index < -0.39 is 0 Å². The van der Waals surface area contributed by atoms with Crippen molar-refractivity contribution in [3.8, 4) is 5.75 Å². The number of nitrogens with zero attached hydrogens (tertiary/aromatic N) is 3. The van der Waals surface area contributed by atoms with Crippen LogP contribution < -0.4 is 15.4 Å². The predicted molar refractivity (Wildman–Crippen MR) is 105 cm³/mol. The Kier molecular flexibility index (Phi) is 6.69. The molecule has 28 heavy (non-hydrogen) atoms. The lowest BCUT2D eigenvalue weighted by Crippen LogP contribution is -2.10. The van der Waals surface area contributed by atoms with Crippen molar-refractivity contribution in [2.45, 2.75) is 19.4 Å². The van der Waals surface area contributed by atoms with Gasteiger partial charge in [0, 0.05) is 43.6 Å². The van der Waals surface area contributed by atoms with Crippen LogP contribution in [0.4, 0.5) is 21.8 Å². The molecule has 0 fully saturated rings.